The Balaban J connectivity index is 1.66. The van der Waals surface area contributed by atoms with E-state index in [1.807, 2.05) is 0 Å². The van der Waals surface area contributed by atoms with Crippen LogP contribution in [0.25, 0.3) is 0 Å². The Morgan fingerprint density at radius 1 is 1.00 bits per heavy atom. The molecule has 2 fully saturated rings. The number of piperidine rings is 1. The molecule has 0 spiro atoms. The van der Waals surface area contributed by atoms with Gasteiger partial charge in [0, 0.05) is 0 Å². The quantitative estimate of drug-likeness (QED) is 0.849. The fourth-order valence-electron chi connectivity index (χ4n) is 3.65. The van der Waals surface area contributed by atoms with E-state index in [2.05, 4.69) is 29.6 Å². The van der Waals surface area contributed by atoms with E-state index in [-0.39, 0.29) is 0 Å². The summed E-state index contributed by atoms with van der Waals surface area (Å²) in [5.41, 5.74) is 3.19. The Kier molecular flexibility index (Phi) is 3.99. The van der Waals surface area contributed by atoms with Crippen LogP contribution in [0.3, 0.4) is 0 Å². The van der Waals surface area contributed by atoms with E-state index in [9.17, 15) is 0 Å². The first-order valence-electron chi connectivity index (χ1n) is 7.71. The number of hydrogen-bond acceptors (Lipinski definition) is 1. The lowest BCUT2D eigenvalue weighted by Gasteiger charge is -2.23. The van der Waals surface area contributed by atoms with Crippen LogP contribution in [0.1, 0.15) is 55.6 Å². The largest absolute Gasteiger partial charge is 0.317 e. The minimum absolute atomic E-state index is 0.859. The zero-order valence-electron chi connectivity index (χ0n) is 11.3. The third kappa shape index (κ3) is 2.95. The van der Waals surface area contributed by atoms with Crippen LogP contribution in [0.2, 0.25) is 0 Å². The maximum absolute atomic E-state index is 3.46. The SMILES string of the molecule is c1cc(CC2CCNCC2)cc(C2CCCC2)c1. The zero-order chi connectivity index (χ0) is 12.2. The Morgan fingerprint density at radius 3 is 2.56 bits per heavy atom. The number of benzene rings is 1. The maximum Gasteiger partial charge on any atom is -0.00462 e. The van der Waals surface area contributed by atoms with Crippen molar-refractivity contribution in [3.63, 3.8) is 0 Å². The second kappa shape index (κ2) is 5.88. The molecule has 0 unspecified atom stereocenters. The Labute approximate surface area is 111 Å². The first-order chi connectivity index (χ1) is 8.92. The average molecular weight is 243 g/mol. The van der Waals surface area contributed by atoms with Crippen LogP contribution in [0, 0.1) is 5.92 Å². The highest BCUT2D eigenvalue weighted by Crippen LogP contribution is 2.34. The predicted octanol–water partition coefficient (Wildman–Crippen LogP) is 3.89. The van der Waals surface area contributed by atoms with Gasteiger partial charge in [0.15, 0.2) is 0 Å². The molecule has 0 aromatic heterocycles. The van der Waals surface area contributed by atoms with E-state index in [1.54, 1.807) is 11.1 Å². The van der Waals surface area contributed by atoms with Gasteiger partial charge in [-0.25, -0.2) is 0 Å². The molecular weight excluding hydrogens is 218 g/mol. The summed E-state index contributed by atoms with van der Waals surface area (Å²) in [6, 6.07) is 9.46. The van der Waals surface area contributed by atoms with Gasteiger partial charge in [0.25, 0.3) is 0 Å². The lowest BCUT2D eigenvalue weighted by molar-refractivity contribution is 0.372. The van der Waals surface area contributed by atoms with Gasteiger partial charge in [0.2, 0.25) is 0 Å². The van der Waals surface area contributed by atoms with Crippen molar-refractivity contribution in [2.45, 2.75) is 50.9 Å². The van der Waals surface area contributed by atoms with Crippen molar-refractivity contribution in [3.8, 4) is 0 Å². The van der Waals surface area contributed by atoms with Crippen LogP contribution < -0.4 is 5.32 Å². The first-order valence-corrected chi connectivity index (χ1v) is 7.71. The van der Waals surface area contributed by atoms with Crippen molar-refractivity contribution in [3.05, 3.63) is 35.4 Å². The molecule has 0 atom stereocenters. The molecule has 2 aliphatic rings. The second-order valence-corrected chi connectivity index (χ2v) is 6.12. The minimum atomic E-state index is 0.859. The lowest BCUT2D eigenvalue weighted by Crippen LogP contribution is -2.28. The zero-order valence-corrected chi connectivity index (χ0v) is 11.3. The summed E-state index contributed by atoms with van der Waals surface area (Å²) in [5.74, 6) is 1.77. The molecule has 1 aromatic rings. The van der Waals surface area contributed by atoms with Crippen molar-refractivity contribution in [2.24, 2.45) is 5.92 Å². The van der Waals surface area contributed by atoms with Crippen molar-refractivity contribution >= 4 is 0 Å². The van der Waals surface area contributed by atoms with Crippen LogP contribution in [-0.2, 0) is 6.42 Å². The van der Waals surface area contributed by atoms with Crippen molar-refractivity contribution in [2.75, 3.05) is 13.1 Å². The molecular formula is C17H25N. The normalized spacial score (nSPS) is 22.4. The van der Waals surface area contributed by atoms with Crippen LogP contribution in [0.4, 0.5) is 0 Å². The summed E-state index contributed by atoms with van der Waals surface area (Å²) in [4.78, 5) is 0. The molecule has 98 valence electrons. The number of rotatable bonds is 3. The van der Waals surface area contributed by atoms with Gasteiger partial charge in [-0.1, -0.05) is 37.1 Å². The van der Waals surface area contributed by atoms with Gasteiger partial charge in [-0.15, -0.1) is 0 Å². The summed E-state index contributed by atoms with van der Waals surface area (Å²) in [6.45, 7) is 2.43. The van der Waals surface area contributed by atoms with E-state index < -0.39 is 0 Å². The standard InChI is InChI=1S/C17H25N/c1-2-6-16(5-1)17-7-3-4-15(13-17)12-14-8-10-18-11-9-14/h3-4,7,13-14,16,18H,1-2,5-6,8-12H2. The van der Waals surface area contributed by atoms with Crippen LogP contribution in [0.15, 0.2) is 24.3 Å². The van der Waals surface area contributed by atoms with Crippen LogP contribution >= 0.6 is 0 Å². The molecule has 0 bridgehead atoms. The minimum Gasteiger partial charge on any atom is -0.317 e. The summed E-state index contributed by atoms with van der Waals surface area (Å²) in [5, 5.41) is 3.46. The lowest BCUT2D eigenvalue weighted by atomic mass is 9.88. The molecule has 1 nitrogen and oxygen atoms in total. The predicted molar refractivity (Wildman–Crippen MR) is 76.9 cm³/mol. The van der Waals surface area contributed by atoms with Gasteiger partial charge in [-0.3, -0.25) is 0 Å². The van der Waals surface area contributed by atoms with E-state index in [4.69, 9.17) is 0 Å². The van der Waals surface area contributed by atoms with Crippen molar-refractivity contribution in [1.82, 2.24) is 5.32 Å². The number of hydrogen-bond donors (Lipinski definition) is 1. The monoisotopic (exact) mass is 243 g/mol. The molecule has 1 saturated heterocycles. The fourth-order valence-corrected chi connectivity index (χ4v) is 3.65. The molecule has 1 aliphatic carbocycles. The van der Waals surface area contributed by atoms with Gasteiger partial charge in [0.05, 0.1) is 0 Å². The van der Waals surface area contributed by atoms with E-state index in [0.29, 0.717) is 0 Å². The fraction of sp³-hybridized carbons (Fsp3) is 0.647. The molecule has 1 heterocycles. The highest BCUT2D eigenvalue weighted by Gasteiger charge is 2.18. The first kappa shape index (κ1) is 12.2. The van der Waals surface area contributed by atoms with E-state index >= 15 is 0 Å². The average Bonchev–Trinajstić information content (AvgIpc) is 2.94. The third-order valence-corrected chi connectivity index (χ3v) is 4.76. The summed E-state index contributed by atoms with van der Waals surface area (Å²) in [7, 11) is 0. The maximum atomic E-state index is 3.46. The summed E-state index contributed by atoms with van der Waals surface area (Å²) >= 11 is 0. The Hall–Kier alpha value is -0.820. The summed E-state index contributed by atoms with van der Waals surface area (Å²) < 4.78 is 0. The van der Waals surface area contributed by atoms with Gasteiger partial charge in [0.1, 0.15) is 0 Å². The van der Waals surface area contributed by atoms with Gasteiger partial charge in [-0.2, -0.15) is 0 Å². The van der Waals surface area contributed by atoms with E-state index in [1.165, 1.54) is 58.0 Å². The molecule has 1 aromatic carbocycles. The Morgan fingerprint density at radius 2 is 1.78 bits per heavy atom. The molecule has 1 heteroatoms. The van der Waals surface area contributed by atoms with Gasteiger partial charge >= 0.3 is 0 Å². The molecule has 1 aliphatic heterocycles. The molecule has 3 rings (SSSR count). The molecule has 18 heavy (non-hydrogen) atoms. The van der Waals surface area contributed by atoms with Crippen molar-refractivity contribution in [1.29, 1.82) is 0 Å². The van der Waals surface area contributed by atoms with Gasteiger partial charge in [-0.05, 0) is 68.2 Å². The topological polar surface area (TPSA) is 12.0 Å². The van der Waals surface area contributed by atoms with Crippen molar-refractivity contribution < 1.29 is 0 Å². The molecule has 1 N–H and O–H groups in total. The highest BCUT2D eigenvalue weighted by molar-refractivity contribution is 5.27. The van der Waals surface area contributed by atoms with Gasteiger partial charge < -0.3 is 5.32 Å². The molecule has 1 saturated carbocycles. The second-order valence-electron chi connectivity index (χ2n) is 6.12. The third-order valence-electron chi connectivity index (χ3n) is 4.76. The van der Waals surface area contributed by atoms with Crippen LogP contribution in [0.5, 0.6) is 0 Å². The molecule has 0 radical (unpaired) electrons. The highest BCUT2D eigenvalue weighted by atomic mass is 14.9. The Bertz CT molecular complexity index is 373. The molecule has 0 amide bonds. The smallest absolute Gasteiger partial charge is 0.00462 e. The summed E-state index contributed by atoms with van der Waals surface area (Å²) in [6.07, 6.45) is 9.70. The van der Waals surface area contributed by atoms with Crippen LogP contribution in [-0.4, -0.2) is 13.1 Å². The van der Waals surface area contributed by atoms with E-state index in [0.717, 1.165) is 11.8 Å². The number of nitrogens with one attached hydrogen (secondary N) is 1.